The van der Waals surface area contributed by atoms with Gasteiger partial charge in [-0.1, -0.05) is 18.2 Å². The number of carbonyl (C=O) groups is 1. The second-order valence-corrected chi connectivity index (χ2v) is 5.71. The minimum atomic E-state index is 0.218. The van der Waals surface area contributed by atoms with Crippen LogP contribution in [0.5, 0.6) is 0 Å². The fraction of sp³-hybridized carbons (Fsp3) is 0.562. The van der Waals surface area contributed by atoms with E-state index in [4.69, 9.17) is 0 Å². The molecule has 19 heavy (non-hydrogen) atoms. The quantitative estimate of drug-likeness (QED) is 0.899. The molecule has 1 amide bonds. The molecule has 0 saturated heterocycles. The first-order valence-electron chi connectivity index (χ1n) is 7.43. The monoisotopic (exact) mass is 258 g/mol. The van der Waals surface area contributed by atoms with Gasteiger partial charge in [-0.3, -0.25) is 4.79 Å². The second-order valence-electron chi connectivity index (χ2n) is 5.71. The summed E-state index contributed by atoms with van der Waals surface area (Å²) in [6.07, 6.45) is 6.02. The Morgan fingerprint density at radius 1 is 1.26 bits per heavy atom. The van der Waals surface area contributed by atoms with Crippen molar-refractivity contribution in [3.63, 3.8) is 0 Å². The van der Waals surface area contributed by atoms with Gasteiger partial charge in [-0.25, -0.2) is 0 Å². The summed E-state index contributed by atoms with van der Waals surface area (Å²) in [5.74, 6) is 1.04. The molecule has 0 unspecified atom stereocenters. The number of rotatable bonds is 4. The minimum Gasteiger partial charge on any atom is -0.311 e. The molecule has 0 radical (unpaired) electrons. The third-order valence-corrected chi connectivity index (χ3v) is 4.07. The first-order valence-corrected chi connectivity index (χ1v) is 7.43. The van der Waals surface area contributed by atoms with Crippen molar-refractivity contribution in [1.82, 2.24) is 5.32 Å². The molecule has 0 atom stereocenters. The Morgan fingerprint density at radius 3 is 2.95 bits per heavy atom. The molecule has 0 spiro atoms. The van der Waals surface area contributed by atoms with E-state index in [1.807, 2.05) is 11.0 Å². The molecular formula is C16H22N2O. The Bertz CT molecular complexity index is 454. The first-order chi connectivity index (χ1) is 9.34. The Morgan fingerprint density at radius 2 is 2.11 bits per heavy atom. The SMILES string of the molecule is O=C(CNCC1CC1)N1CCCCc2ccccc21. The van der Waals surface area contributed by atoms with Crippen LogP contribution in [0.15, 0.2) is 24.3 Å². The fourth-order valence-corrected chi connectivity index (χ4v) is 2.75. The van der Waals surface area contributed by atoms with Crippen molar-refractivity contribution in [2.24, 2.45) is 5.92 Å². The summed E-state index contributed by atoms with van der Waals surface area (Å²) in [4.78, 5) is 14.4. The molecule has 3 rings (SSSR count). The van der Waals surface area contributed by atoms with Crippen molar-refractivity contribution in [1.29, 1.82) is 0 Å². The van der Waals surface area contributed by atoms with Crippen LogP contribution >= 0.6 is 0 Å². The molecule has 2 aliphatic rings. The Hall–Kier alpha value is -1.35. The van der Waals surface area contributed by atoms with Gasteiger partial charge in [-0.2, -0.15) is 0 Å². The van der Waals surface area contributed by atoms with Crippen molar-refractivity contribution >= 4 is 11.6 Å². The number of aryl methyl sites for hydroxylation is 1. The lowest BCUT2D eigenvalue weighted by Gasteiger charge is -2.23. The van der Waals surface area contributed by atoms with Crippen molar-refractivity contribution in [3.8, 4) is 0 Å². The number of fused-ring (bicyclic) bond motifs is 1. The normalized spacial score (nSPS) is 18.8. The average Bonchev–Trinajstić information content (AvgIpc) is 3.24. The number of hydrogen-bond donors (Lipinski definition) is 1. The maximum Gasteiger partial charge on any atom is 0.240 e. The summed E-state index contributed by atoms with van der Waals surface area (Å²) in [5, 5.41) is 3.30. The third-order valence-electron chi connectivity index (χ3n) is 4.07. The molecule has 0 aromatic heterocycles. The smallest absolute Gasteiger partial charge is 0.240 e. The molecule has 3 nitrogen and oxygen atoms in total. The molecule has 1 aliphatic carbocycles. The summed E-state index contributed by atoms with van der Waals surface area (Å²) in [6.45, 7) is 2.34. The van der Waals surface area contributed by atoms with Crippen LogP contribution in [-0.4, -0.2) is 25.5 Å². The largest absolute Gasteiger partial charge is 0.311 e. The van der Waals surface area contributed by atoms with Gasteiger partial charge in [0.1, 0.15) is 0 Å². The Balaban J connectivity index is 1.66. The van der Waals surface area contributed by atoms with Crippen LogP contribution in [0, 0.1) is 5.92 Å². The molecule has 1 aromatic carbocycles. The van der Waals surface area contributed by atoms with Gasteiger partial charge in [0.2, 0.25) is 5.91 Å². The van der Waals surface area contributed by atoms with Crippen LogP contribution in [0.1, 0.15) is 31.2 Å². The lowest BCUT2D eigenvalue weighted by Crippen LogP contribution is -2.39. The van der Waals surface area contributed by atoms with Gasteiger partial charge in [0.25, 0.3) is 0 Å². The van der Waals surface area contributed by atoms with Crippen LogP contribution in [0.4, 0.5) is 5.69 Å². The van der Waals surface area contributed by atoms with Crippen LogP contribution in [0.25, 0.3) is 0 Å². The van der Waals surface area contributed by atoms with Crippen molar-refractivity contribution in [2.75, 3.05) is 24.5 Å². The molecule has 1 aliphatic heterocycles. The van der Waals surface area contributed by atoms with Crippen LogP contribution in [0.2, 0.25) is 0 Å². The molecule has 1 aromatic rings. The predicted molar refractivity (Wildman–Crippen MR) is 77.3 cm³/mol. The number of anilines is 1. The average molecular weight is 258 g/mol. The zero-order valence-electron chi connectivity index (χ0n) is 11.4. The summed E-state index contributed by atoms with van der Waals surface area (Å²) in [7, 11) is 0. The summed E-state index contributed by atoms with van der Waals surface area (Å²) in [5.41, 5.74) is 2.44. The number of carbonyl (C=O) groups excluding carboxylic acids is 1. The van der Waals surface area contributed by atoms with E-state index in [-0.39, 0.29) is 5.91 Å². The van der Waals surface area contributed by atoms with E-state index in [1.165, 1.54) is 24.8 Å². The zero-order valence-corrected chi connectivity index (χ0v) is 11.4. The molecular weight excluding hydrogens is 236 g/mol. The molecule has 3 heteroatoms. The van der Waals surface area contributed by atoms with E-state index in [1.54, 1.807) is 0 Å². The fourth-order valence-electron chi connectivity index (χ4n) is 2.75. The van der Waals surface area contributed by atoms with E-state index < -0.39 is 0 Å². The van der Waals surface area contributed by atoms with Crippen molar-refractivity contribution < 1.29 is 4.79 Å². The maximum absolute atomic E-state index is 12.4. The van der Waals surface area contributed by atoms with Gasteiger partial charge < -0.3 is 10.2 Å². The van der Waals surface area contributed by atoms with E-state index in [0.717, 1.165) is 37.5 Å². The van der Waals surface area contributed by atoms with Crippen LogP contribution in [0.3, 0.4) is 0 Å². The highest BCUT2D eigenvalue weighted by atomic mass is 16.2. The van der Waals surface area contributed by atoms with Gasteiger partial charge in [0.05, 0.1) is 6.54 Å². The number of hydrogen-bond acceptors (Lipinski definition) is 2. The molecule has 1 fully saturated rings. The lowest BCUT2D eigenvalue weighted by molar-refractivity contribution is -0.117. The Kier molecular flexibility index (Phi) is 3.83. The van der Waals surface area contributed by atoms with E-state index in [2.05, 4.69) is 23.5 Å². The molecule has 1 heterocycles. The zero-order chi connectivity index (χ0) is 13.1. The van der Waals surface area contributed by atoms with Gasteiger partial charge in [-0.05, 0) is 56.2 Å². The van der Waals surface area contributed by atoms with Gasteiger partial charge in [0.15, 0.2) is 0 Å². The number of amides is 1. The van der Waals surface area contributed by atoms with Crippen LogP contribution < -0.4 is 10.2 Å². The standard InChI is InChI=1S/C16H22N2O/c19-16(12-17-11-13-8-9-13)18-10-4-3-6-14-5-1-2-7-15(14)18/h1-2,5,7,13,17H,3-4,6,8-12H2. The second kappa shape index (κ2) is 5.74. The molecule has 102 valence electrons. The van der Waals surface area contributed by atoms with Crippen molar-refractivity contribution in [3.05, 3.63) is 29.8 Å². The summed E-state index contributed by atoms with van der Waals surface area (Å²) in [6, 6.07) is 8.33. The van der Waals surface area contributed by atoms with Crippen LogP contribution in [-0.2, 0) is 11.2 Å². The number of nitrogens with one attached hydrogen (secondary N) is 1. The van der Waals surface area contributed by atoms with E-state index >= 15 is 0 Å². The molecule has 0 bridgehead atoms. The number of benzene rings is 1. The third kappa shape index (κ3) is 3.16. The van der Waals surface area contributed by atoms with Gasteiger partial charge >= 0.3 is 0 Å². The van der Waals surface area contributed by atoms with Crippen molar-refractivity contribution in [2.45, 2.75) is 32.1 Å². The number of para-hydroxylation sites is 1. The topological polar surface area (TPSA) is 32.3 Å². The highest BCUT2D eigenvalue weighted by Gasteiger charge is 2.23. The maximum atomic E-state index is 12.4. The highest BCUT2D eigenvalue weighted by Crippen LogP contribution is 2.28. The molecule has 1 saturated carbocycles. The van der Waals surface area contributed by atoms with E-state index in [0.29, 0.717) is 6.54 Å². The highest BCUT2D eigenvalue weighted by molar-refractivity contribution is 5.95. The van der Waals surface area contributed by atoms with Gasteiger partial charge in [0, 0.05) is 12.2 Å². The van der Waals surface area contributed by atoms with Gasteiger partial charge in [-0.15, -0.1) is 0 Å². The summed E-state index contributed by atoms with van der Waals surface area (Å²) >= 11 is 0. The Labute approximate surface area is 115 Å². The molecule has 1 N–H and O–H groups in total. The number of nitrogens with zero attached hydrogens (tertiary/aromatic N) is 1. The van der Waals surface area contributed by atoms with E-state index in [9.17, 15) is 4.79 Å². The predicted octanol–water partition coefficient (Wildman–Crippen LogP) is 2.36. The first kappa shape index (κ1) is 12.7. The summed E-state index contributed by atoms with van der Waals surface area (Å²) < 4.78 is 0. The minimum absolute atomic E-state index is 0.218. The lowest BCUT2D eigenvalue weighted by atomic mass is 10.1.